The molecule has 1 heterocycles. The molecule has 0 aliphatic heterocycles. The van der Waals surface area contributed by atoms with Crippen LogP contribution in [0.2, 0.25) is 0 Å². The van der Waals surface area contributed by atoms with Crippen molar-refractivity contribution in [3.63, 3.8) is 0 Å². The van der Waals surface area contributed by atoms with E-state index in [-0.39, 0.29) is 6.04 Å². The average molecular weight is 181 g/mol. The summed E-state index contributed by atoms with van der Waals surface area (Å²) in [6.45, 7) is 2.07. The average Bonchev–Trinajstić information content (AvgIpc) is 2.53. The van der Waals surface area contributed by atoms with E-state index in [9.17, 15) is 0 Å². The van der Waals surface area contributed by atoms with Crippen LogP contribution in [0.3, 0.4) is 0 Å². The zero-order valence-corrected chi connectivity index (χ0v) is 7.70. The highest BCUT2D eigenvalue weighted by molar-refractivity contribution is 4.95. The molecular formula is C8H15N5. The van der Waals surface area contributed by atoms with Crippen molar-refractivity contribution in [1.82, 2.24) is 20.5 Å². The molecule has 0 bridgehead atoms. The summed E-state index contributed by atoms with van der Waals surface area (Å²) in [4.78, 5) is 4.09. The molecule has 4 N–H and O–H groups in total. The lowest BCUT2D eigenvalue weighted by Crippen LogP contribution is -2.49. The van der Waals surface area contributed by atoms with Gasteiger partial charge in [-0.2, -0.15) is 5.10 Å². The fraction of sp³-hybridized carbons (Fsp3) is 0.750. The van der Waals surface area contributed by atoms with Crippen molar-refractivity contribution in [2.45, 2.75) is 37.9 Å². The van der Waals surface area contributed by atoms with Crippen LogP contribution in [0.25, 0.3) is 0 Å². The van der Waals surface area contributed by atoms with Crippen molar-refractivity contribution < 1.29 is 0 Å². The van der Waals surface area contributed by atoms with E-state index in [1.807, 2.05) is 0 Å². The van der Waals surface area contributed by atoms with Gasteiger partial charge in [0.2, 0.25) is 0 Å². The van der Waals surface area contributed by atoms with Gasteiger partial charge in [-0.3, -0.25) is 5.10 Å². The van der Waals surface area contributed by atoms with Crippen molar-refractivity contribution in [2.24, 2.45) is 5.73 Å². The molecule has 0 saturated heterocycles. The third-order valence-corrected chi connectivity index (χ3v) is 2.50. The topological polar surface area (TPSA) is 79.6 Å². The standard InChI is InChI=1S/C8H15N5/c1-5(8-10-4-11-13-8)12-7-2-6(9)3-7/h4-7,12H,2-3,9H2,1H3,(H,10,11,13). The molecule has 1 aliphatic carbocycles. The largest absolute Gasteiger partial charge is 0.328 e. The molecule has 1 aromatic rings. The smallest absolute Gasteiger partial charge is 0.141 e. The Morgan fingerprint density at radius 2 is 2.46 bits per heavy atom. The number of hydrogen-bond acceptors (Lipinski definition) is 4. The summed E-state index contributed by atoms with van der Waals surface area (Å²) < 4.78 is 0. The minimum Gasteiger partial charge on any atom is -0.328 e. The van der Waals surface area contributed by atoms with Crippen LogP contribution in [-0.4, -0.2) is 27.3 Å². The monoisotopic (exact) mass is 181 g/mol. The third kappa shape index (κ3) is 1.87. The second-order valence-corrected chi connectivity index (χ2v) is 3.69. The van der Waals surface area contributed by atoms with E-state index in [1.54, 1.807) is 0 Å². The Morgan fingerprint density at radius 1 is 1.69 bits per heavy atom. The summed E-state index contributed by atoms with van der Waals surface area (Å²) in [7, 11) is 0. The lowest BCUT2D eigenvalue weighted by Gasteiger charge is -2.34. The van der Waals surface area contributed by atoms with Crippen molar-refractivity contribution >= 4 is 0 Å². The summed E-state index contributed by atoms with van der Waals surface area (Å²) >= 11 is 0. The first-order valence-electron chi connectivity index (χ1n) is 4.62. The summed E-state index contributed by atoms with van der Waals surface area (Å²) in [5.41, 5.74) is 5.69. The van der Waals surface area contributed by atoms with Gasteiger partial charge in [0.05, 0.1) is 6.04 Å². The summed E-state index contributed by atoms with van der Waals surface area (Å²) in [5, 5.41) is 10.1. The fourth-order valence-electron chi connectivity index (χ4n) is 1.65. The van der Waals surface area contributed by atoms with Crippen LogP contribution >= 0.6 is 0 Å². The predicted molar refractivity (Wildman–Crippen MR) is 48.9 cm³/mol. The van der Waals surface area contributed by atoms with Crippen LogP contribution in [0.1, 0.15) is 31.6 Å². The molecule has 1 aromatic heterocycles. The van der Waals surface area contributed by atoms with E-state index < -0.39 is 0 Å². The highest BCUT2D eigenvalue weighted by Crippen LogP contribution is 2.20. The molecule has 1 saturated carbocycles. The lowest BCUT2D eigenvalue weighted by molar-refractivity contribution is 0.269. The second-order valence-electron chi connectivity index (χ2n) is 3.69. The quantitative estimate of drug-likeness (QED) is 0.610. The normalized spacial score (nSPS) is 29.7. The lowest BCUT2D eigenvalue weighted by atomic mass is 9.87. The molecule has 0 amide bonds. The Kier molecular flexibility index (Phi) is 2.28. The van der Waals surface area contributed by atoms with Crippen LogP contribution < -0.4 is 11.1 Å². The number of aromatic amines is 1. The first-order chi connectivity index (χ1) is 6.25. The van der Waals surface area contributed by atoms with E-state index >= 15 is 0 Å². The zero-order valence-electron chi connectivity index (χ0n) is 7.70. The Morgan fingerprint density at radius 3 is 3.00 bits per heavy atom. The molecule has 0 radical (unpaired) electrons. The molecule has 72 valence electrons. The van der Waals surface area contributed by atoms with Crippen LogP contribution in [0.15, 0.2) is 6.33 Å². The SMILES string of the molecule is CC(NC1CC(N)C1)c1ncn[nH]1. The summed E-state index contributed by atoms with van der Waals surface area (Å²) in [6, 6.07) is 1.18. The number of hydrogen-bond donors (Lipinski definition) is 3. The first kappa shape index (κ1) is 8.65. The van der Waals surface area contributed by atoms with Crippen molar-refractivity contribution in [3.8, 4) is 0 Å². The van der Waals surface area contributed by atoms with Crippen LogP contribution in [0.5, 0.6) is 0 Å². The number of nitrogens with one attached hydrogen (secondary N) is 2. The molecule has 1 aliphatic rings. The second kappa shape index (κ2) is 3.43. The van der Waals surface area contributed by atoms with E-state index in [0.717, 1.165) is 18.7 Å². The highest BCUT2D eigenvalue weighted by atomic mass is 15.2. The van der Waals surface area contributed by atoms with Crippen molar-refractivity contribution in [1.29, 1.82) is 0 Å². The van der Waals surface area contributed by atoms with Crippen LogP contribution in [0, 0.1) is 0 Å². The molecule has 1 unspecified atom stereocenters. The van der Waals surface area contributed by atoms with Gasteiger partial charge in [0.1, 0.15) is 12.2 Å². The molecule has 1 fully saturated rings. The summed E-state index contributed by atoms with van der Waals surface area (Å²) in [6.07, 6.45) is 3.66. The number of nitrogens with two attached hydrogens (primary N) is 1. The molecule has 1 atom stereocenters. The maximum Gasteiger partial charge on any atom is 0.141 e. The van der Waals surface area contributed by atoms with Gasteiger partial charge >= 0.3 is 0 Å². The maximum absolute atomic E-state index is 5.69. The van der Waals surface area contributed by atoms with Crippen LogP contribution in [-0.2, 0) is 0 Å². The maximum atomic E-state index is 5.69. The molecule has 0 aromatic carbocycles. The van der Waals surface area contributed by atoms with Gasteiger partial charge in [-0.1, -0.05) is 0 Å². The van der Waals surface area contributed by atoms with E-state index in [0.29, 0.717) is 12.1 Å². The van der Waals surface area contributed by atoms with E-state index in [1.165, 1.54) is 6.33 Å². The third-order valence-electron chi connectivity index (χ3n) is 2.50. The van der Waals surface area contributed by atoms with Gasteiger partial charge in [0.25, 0.3) is 0 Å². The number of aromatic nitrogens is 3. The predicted octanol–water partition coefficient (Wildman–Crippen LogP) is -0.0550. The highest BCUT2D eigenvalue weighted by Gasteiger charge is 2.27. The van der Waals surface area contributed by atoms with E-state index in [4.69, 9.17) is 5.73 Å². The molecule has 2 rings (SSSR count). The number of nitrogens with zero attached hydrogens (tertiary/aromatic N) is 2. The van der Waals surface area contributed by atoms with Gasteiger partial charge in [-0.25, -0.2) is 4.98 Å². The Hall–Kier alpha value is -0.940. The van der Waals surface area contributed by atoms with Gasteiger partial charge in [-0.15, -0.1) is 0 Å². The number of H-pyrrole nitrogens is 1. The molecule has 5 nitrogen and oxygen atoms in total. The summed E-state index contributed by atoms with van der Waals surface area (Å²) in [5.74, 6) is 0.889. The Balaban J connectivity index is 1.82. The Bertz CT molecular complexity index is 252. The van der Waals surface area contributed by atoms with Gasteiger partial charge in [-0.05, 0) is 19.8 Å². The zero-order chi connectivity index (χ0) is 9.26. The van der Waals surface area contributed by atoms with Crippen molar-refractivity contribution in [2.75, 3.05) is 0 Å². The number of rotatable bonds is 3. The van der Waals surface area contributed by atoms with E-state index in [2.05, 4.69) is 27.4 Å². The molecule has 0 spiro atoms. The molecule has 5 heteroatoms. The first-order valence-corrected chi connectivity index (χ1v) is 4.62. The minimum atomic E-state index is 0.236. The van der Waals surface area contributed by atoms with Crippen LogP contribution in [0.4, 0.5) is 0 Å². The molecule has 13 heavy (non-hydrogen) atoms. The Labute approximate surface area is 77.1 Å². The van der Waals surface area contributed by atoms with Crippen molar-refractivity contribution in [3.05, 3.63) is 12.2 Å². The van der Waals surface area contributed by atoms with Gasteiger partial charge in [0, 0.05) is 12.1 Å². The molecular weight excluding hydrogens is 166 g/mol. The van der Waals surface area contributed by atoms with Gasteiger partial charge in [0.15, 0.2) is 0 Å². The van der Waals surface area contributed by atoms with Gasteiger partial charge < -0.3 is 11.1 Å². The minimum absolute atomic E-state index is 0.236. The fourth-order valence-corrected chi connectivity index (χ4v) is 1.65.